The van der Waals surface area contributed by atoms with Crippen LogP contribution in [0, 0.1) is 5.82 Å². The average Bonchev–Trinajstić information content (AvgIpc) is 2.56. The molecule has 3 rings (SSSR count). The van der Waals surface area contributed by atoms with E-state index < -0.39 is 0 Å². The molecule has 0 spiro atoms. The van der Waals surface area contributed by atoms with Crippen LogP contribution in [-0.2, 0) is 6.54 Å². The summed E-state index contributed by atoms with van der Waals surface area (Å²) in [7, 11) is 0. The number of hydrogen-bond acceptors (Lipinski definition) is 4. The van der Waals surface area contributed by atoms with Gasteiger partial charge in [0.2, 0.25) is 0 Å². The summed E-state index contributed by atoms with van der Waals surface area (Å²) in [6.07, 6.45) is 0. The predicted molar refractivity (Wildman–Crippen MR) is 98.7 cm³/mol. The highest BCUT2D eigenvalue weighted by atomic mass is 19.1. The summed E-state index contributed by atoms with van der Waals surface area (Å²) >= 11 is 0. The van der Waals surface area contributed by atoms with Gasteiger partial charge in [0.05, 0.1) is 0 Å². The molecule has 3 N–H and O–H groups in total. The molecule has 136 valence electrons. The first kappa shape index (κ1) is 19.3. The van der Waals surface area contributed by atoms with Gasteiger partial charge in [0.25, 0.3) is 0 Å². The standard InChI is InChI=1S/C13H19FN2.C6H14N2/c1-10-8-16(11(2)7-15-10)9-12-3-5-13(14)6-4-12;1-5-3-8-6(2)4-7-5/h3-6,10-11,15H,7-9H2,1-2H3;5-8H,3-4H2,1-2H3/t10-,11+;/m1./s1. The van der Waals surface area contributed by atoms with Crippen LogP contribution in [0.25, 0.3) is 0 Å². The molecule has 1 aromatic carbocycles. The van der Waals surface area contributed by atoms with Crippen LogP contribution in [0.15, 0.2) is 24.3 Å². The molecule has 0 aromatic heterocycles. The Morgan fingerprint density at radius 1 is 0.875 bits per heavy atom. The topological polar surface area (TPSA) is 39.3 Å². The van der Waals surface area contributed by atoms with E-state index in [1.165, 1.54) is 17.7 Å². The Hall–Kier alpha value is -1.01. The molecule has 0 saturated carbocycles. The van der Waals surface area contributed by atoms with Gasteiger partial charge in [-0.3, -0.25) is 4.90 Å². The average molecular weight is 336 g/mol. The van der Waals surface area contributed by atoms with Crippen LogP contribution < -0.4 is 16.0 Å². The quantitative estimate of drug-likeness (QED) is 0.772. The number of halogens is 1. The van der Waals surface area contributed by atoms with Crippen LogP contribution in [-0.4, -0.2) is 55.2 Å². The van der Waals surface area contributed by atoms with Gasteiger partial charge >= 0.3 is 0 Å². The second-order valence-electron chi connectivity index (χ2n) is 7.33. The molecule has 24 heavy (non-hydrogen) atoms. The molecule has 0 amide bonds. The van der Waals surface area contributed by atoms with Crippen molar-refractivity contribution in [1.29, 1.82) is 0 Å². The summed E-state index contributed by atoms with van der Waals surface area (Å²) < 4.78 is 12.8. The first-order chi connectivity index (χ1) is 11.4. The Balaban J connectivity index is 0.000000219. The Kier molecular flexibility index (Phi) is 7.62. The van der Waals surface area contributed by atoms with Crippen molar-refractivity contribution in [1.82, 2.24) is 20.9 Å². The van der Waals surface area contributed by atoms with Crippen LogP contribution in [0.5, 0.6) is 0 Å². The van der Waals surface area contributed by atoms with Crippen molar-refractivity contribution < 1.29 is 4.39 Å². The Bertz CT molecular complexity index is 461. The van der Waals surface area contributed by atoms with E-state index in [2.05, 4.69) is 48.5 Å². The van der Waals surface area contributed by atoms with Crippen molar-refractivity contribution in [2.75, 3.05) is 26.2 Å². The summed E-state index contributed by atoms with van der Waals surface area (Å²) in [5, 5.41) is 10.2. The van der Waals surface area contributed by atoms with Gasteiger partial charge in [-0.15, -0.1) is 0 Å². The second-order valence-corrected chi connectivity index (χ2v) is 7.33. The van der Waals surface area contributed by atoms with Gasteiger partial charge in [-0.1, -0.05) is 12.1 Å². The fourth-order valence-corrected chi connectivity index (χ4v) is 3.04. The minimum Gasteiger partial charge on any atom is -0.311 e. The molecule has 4 nitrogen and oxygen atoms in total. The van der Waals surface area contributed by atoms with E-state index in [1.54, 1.807) is 0 Å². The highest BCUT2D eigenvalue weighted by Gasteiger charge is 2.21. The summed E-state index contributed by atoms with van der Waals surface area (Å²) in [5.74, 6) is -0.162. The lowest BCUT2D eigenvalue weighted by Gasteiger charge is -2.37. The molecule has 2 aliphatic heterocycles. The highest BCUT2D eigenvalue weighted by molar-refractivity contribution is 5.16. The minimum absolute atomic E-state index is 0.162. The minimum atomic E-state index is -0.162. The predicted octanol–water partition coefficient (Wildman–Crippen LogP) is 1.96. The van der Waals surface area contributed by atoms with E-state index >= 15 is 0 Å². The maximum atomic E-state index is 12.8. The van der Waals surface area contributed by atoms with E-state index in [9.17, 15) is 4.39 Å². The number of hydrogen-bond donors (Lipinski definition) is 3. The maximum Gasteiger partial charge on any atom is 0.123 e. The fourth-order valence-electron chi connectivity index (χ4n) is 3.04. The van der Waals surface area contributed by atoms with Gasteiger partial charge in [-0.05, 0) is 45.4 Å². The van der Waals surface area contributed by atoms with Crippen molar-refractivity contribution in [3.63, 3.8) is 0 Å². The summed E-state index contributed by atoms with van der Waals surface area (Å²) in [6, 6.07) is 9.20. The van der Waals surface area contributed by atoms with Crippen LogP contribution in [0.1, 0.15) is 33.3 Å². The monoisotopic (exact) mass is 336 g/mol. The Morgan fingerprint density at radius 2 is 1.42 bits per heavy atom. The molecule has 5 heteroatoms. The van der Waals surface area contributed by atoms with Crippen LogP contribution in [0.4, 0.5) is 4.39 Å². The molecule has 0 radical (unpaired) electrons. The molecule has 1 aromatic rings. The van der Waals surface area contributed by atoms with E-state index in [4.69, 9.17) is 0 Å². The van der Waals surface area contributed by atoms with Crippen LogP contribution in [0.2, 0.25) is 0 Å². The molecular formula is C19H33FN4. The first-order valence-electron chi connectivity index (χ1n) is 9.12. The van der Waals surface area contributed by atoms with Gasteiger partial charge in [-0.2, -0.15) is 0 Å². The van der Waals surface area contributed by atoms with E-state index in [1.807, 2.05) is 12.1 Å². The van der Waals surface area contributed by atoms with Crippen LogP contribution >= 0.6 is 0 Å². The molecule has 0 bridgehead atoms. The molecule has 2 fully saturated rings. The smallest absolute Gasteiger partial charge is 0.123 e. The molecule has 2 unspecified atom stereocenters. The molecule has 2 saturated heterocycles. The normalized spacial score (nSPS) is 31.2. The summed E-state index contributed by atoms with van der Waals surface area (Å²) in [5.41, 5.74) is 1.18. The second kappa shape index (κ2) is 9.47. The van der Waals surface area contributed by atoms with Gasteiger partial charge < -0.3 is 16.0 Å². The van der Waals surface area contributed by atoms with Crippen molar-refractivity contribution >= 4 is 0 Å². The lowest BCUT2D eigenvalue weighted by molar-refractivity contribution is 0.139. The number of nitrogens with zero attached hydrogens (tertiary/aromatic N) is 1. The zero-order valence-corrected chi connectivity index (χ0v) is 15.5. The third-order valence-electron chi connectivity index (χ3n) is 4.74. The molecule has 0 aliphatic carbocycles. The third-order valence-corrected chi connectivity index (χ3v) is 4.74. The van der Waals surface area contributed by atoms with Crippen molar-refractivity contribution in [2.24, 2.45) is 0 Å². The summed E-state index contributed by atoms with van der Waals surface area (Å²) in [4.78, 5) is 2.44. The highest BCUT2D eigenvalue weighted by Crippen LogP contribution is 2.12. The van der Waals surface area contributed by atoms with Crippen molar-refractivity contribution in [3.05, 3.63) is 35.6 Å². The molecule has 4 atom stereocenters. The van der Waals surface area contributed by atoms with E-state index in [0.717, 1.165) is 32.7 Å². The maximum absolute atomic E-state index is 12.8. The first-order valence-corrected chi connectivity index (χ1v) is 9.12. The van der Waals surface area contributed by atoms with Crippen LogP contribution in [0.3, 0.4) is 0 Å². The Morgan fingerprint density at radius 3 is 1.96 bits per heavy atom. The SMILES string of the molecule is CC1CNC(C)CN1.C[C@@H]1CN(Cc2ccc(F)cc2)[C@@H](C)CN1. The van der Waals surface area contributed by atoms with Gasteiger partial charge in [-0.25, -0.2) is 4.39 Å². The summed E-state index contributed by atoms with van der Waals surface area (Å²) in [6.45, 7) is 14.0. The lowest BCUT2D eigenvalue weighted by atomic mass is 10.1. The Labute approximate surface area is 146 Å². The third kappa shape index (κ3) is 6.48. The van der Waals surface area contributed by atoms with Gasteiger partial charge in [0.15, 0.2) is 0 Å². The fraction of sp³-hybridized carbons (Fsp3) is 0.684. The zero-order valence-electron chi connectivity index (χ0n) is 15.5. The largest absolute Gasteiger partial charge is 0.311 e. The number of benzene rings is 1. The van der Waals surface area contributed by atoms with Crippen molar-refractivity contribution in [2.45, 2.75) is 58.4 Å². The van der Waals surface area contributed by atoms with E-state index in [-0.39, 0.29) is 5.82 Å². The lowest BCUT2D eigenvalue weighted by Crippen LogP contribution is -2.53. The molecular weight excluding hydrogens is 303 g/mol. The zero-order chi connectivity index (χ0) is 17.5. The number of nitrogens with one attached hydrogen (secondary N) is 3. The van der Waals surface area contributed by atoms with Crippen molar-refractivity contribution in [3.8, 4) is 0 Å². The van der Waals surface area contributed by atoms with Gasteiger partial charge in [0.1, 0.15) is 5.82 Å². The van der Waals surface area contributed by atoms with E-state index in [0.29, 0.717) is 24.2 Å². The van der Waals surface area contributed by atoms with Gasteiger partial charge in [0, 0.05) is 56.9 Å². The number of piperazine rings is 2. The molecule has 2 aliphatic rings. The number of rotatable bonds is 2. The molecule has 2 heterocycles.